The highest BCUT2D eigenvalue weighted by atomic mass is 16.4. The predicted octanol–water partition coefficient (Wildman–Crippen LogP) is -0.260. The molecule has 1 aromatic heterocycles. The topological polar surface area (TPSA) is 136 Å². The number of hydrogen-bond donors (Lipinski definition) is 3. The van der Waals surface area contributed by atoms with Gasteiger partial charge in [-0.3, -0.25) is 9.59 Å². The number of carbonyl (C=O) groups excluding carboxylic acids is 2. The fourth-order valence-electron chi connectivity index (χ4n) is 1.33. The average Bonchev–Trinajstić information content (AvgIpc) is 2.64. The van der Waals surface area contributed by atoms with Crippen molar-refractivity contribution in [3.05, 3.63) is 17.3 Å². The van der Waals surface area contributed by atoms with E-state index < -0.39 is 23.8 Å². The van der Waals surface area contributed by atoms with E-state index in [0.717, 1.165) is 0 Å². The van der Waals surface area contributed by atoms with Crippen LogP contribution in [0.3, 0.4) is 0 Å². The number of nitrogens with one attached hydrogen (secondary N) is 1. The summed E-state index contributed by atoms with van der Waals surface area (Å²) in [6.45, 7) is 3.30. The Morgan fingerprint density at radius 1 is 1.42 bits per heavy atom. The number of carboxylic acid groups (broad SMARTS) is 1. The number of nitrogens with two attached hydrogens (primary N) is 1. The van der Waals surface area contributed by atoms with Crippen LogP contribution in [0.5, 0.6) is 0 Å². The Kier molecular flexibility index (Phi) is 4.62. The van der Waals surface area contributed by atoms with E-state index in [4.69, 9.17) is 15.3 Å². The molecule has 0 aliphatic rings. The van der Waals surface area contributed by atoms with E-state index in [0.29, 0.717) is 11.5 Å². The number of carbonyl (C=O) groups is 3. The van der Waals surface area contributed by atoms with Crippen LogP contribution in [0.25, 0.3) is 0 Å². The molecule has 0 spiro atoms. The Hall–Kier alpha value is -2.38. The van der Waals surface area contributed by atoms with Gasteiger partial charge in [0.2, 0.25) is 5.91 Å². The molecule has 0 fully saturated rings. The Balaban J connectivity index is 2.71. The Morgan fingerprint density at radius 3 is 2.47 bits per heavy atom. The number of aromatic nitrogens is 1. The molecule has 0 unspecified atom stereocenters. The largest absolute Gasteiger partial charge is 0.480 e. The summed E-state index contributed by atoms with van der Waals surface area (Å²) in [6.07, 6.45) is -0.226. The van der Waals surface area contributed by atoms with Crippen molar-refractivity contribution in [2.24, 2.45) is 5.73 Å². The van der Waals surface area contributed by atoms with E-state index in [9.17, 15) is 14.4 Å². The Bertz CT molecular complexity index is 489. The summed E-state index contributed by atoms with van der Waals surface area (Å²) < 4.78 is 5.07. The van der Waals surface area contributed by atoms with Gasteiger partial charge in [-0.05, 0) is 20.3 Å². The molecule has 4 N–H and O–H groups in total. The minimum Gasteiger partial charge on any atom is -0.480 e. The van der Waals surface area contributed by atoms with Crippen LogP contribution in [0.15, 0.2) is 4.42 Å². The van der Waals surface area contributed by atoms with Crippen molar-refractivity contribution in [2.75, 3.05) is 0 Å². The van der Waals surface area contributed by atoms with Crippen LogP contribution in [-0.4, -0.2) is 33.9 Å². The first kappa shape index (κ1) is 14.7. The zero-order valence-electron chi connectivity index (χ0n) is 10.6. The fourth-order valence-corrected chi connectivity index (χ4v) is 1.33. The smallest absolute Gasteiger partial charge is 0.326 e. The first-order chi connectivity index (χ1) is 8.81. The molecule has 0 aliphatic carbocycles. The minimum atomic E-state index is -1.26. The summed E-state index contributed by atoms with van der Waals surface area (Å²) in [5.74, 6) is -2.36. The molecule has 1 aromatic rings. The van der Waals surface area contributed by atoms with E-state index in [1.807, 2.05) is 0 Å². The molecule has 2 amide bonds. The number of hydrogen-bond acceptors (Lipinski definition) is 5. The molecule has 0 aromatic carbocycles. The zero-order valence-corrected chi connectivity index (χ0v) is 10.6. The van der Waals surface area contributed by atoms with Crippen LogP contribution in [0, 0.1) is 13.8 Å². The summed E-state index contributed by atoms with van der Waals surface area (Å²) >= 11 is 0. The summed E-state index contributed by atoms with van der Waals surface area (Å²) in [6, 6.07) is -1.22. The Morgan fingerprint density at radius 2 is 2.05 bits per heavy atom. The van der Waals surface area contributed by atoms with Gasteiger partial charge < -0.3 is 20.6 Å². The van der Waals surface area contributed by atoms with Gasteiger partial charge in [-0.2, -0.15) is 0 Å². The molecule has 0 aliphatic heterocycles. The second-order valence-electron chi connectivity index (χ2n) is 4.03. The van der Waals surface area contributed by atoms with E-state index >= 15 is 0 Å². The molecule has 1 rings (SSSR count). The maximum atomic E-state index is 11.7. The first-order valence-corrected chi connectivity index (χ1v) is 5.57. The van der Waals surface area contributed by atoms with Gasteiger partial charge in [0.25, 0.3) is 5.89 Å². The zero-order chi connectivity index (χ0) is 14.6. The minimum absolute atomic E-state index is 0.0882. The van der Waals surface area contributed by atoms with Gasteiger partial charge >= 0.3 is 11.9 Å². The lowest BCUT2D eigenvalue weighted by Crippen LogP contribution is -2.41. The van der Waals surface area contributed by atoms with Crippen LogP contribution in [-0.2, 0) is 9.59 Å². The van der Waals surface area contributed by atoms with Crippen molar-refractivity contribution in [2.45, 2.75) is 32.7 Å². The van der Waals surface area contributed by atoms with E-state index in [1.54, 1.807) is 13.8 Å². The molecular formula is C11H15N3O5. The fraction of sp³-hybridized carbons (Fsp3) is 0.455. The van der Waals surface area contributed by atoms with Gasteiger partial charge in [0.15, 0.2) is 0 Å². The second kappa shape index (κ2) is 5.98. The highest BCUT2D eigenvalue weighted by Gasteiger charge is 2.24. The van der Waals surface area contributed by atoms with Gasteiger partial charge in [-0.1, -0.05) is 0 Å². The van der Waals surface area contributed by atoms with Crippen molar-refractivity contribution in [1.29, 1.82) is 0 Å². The number of primary amides is 1. The first-order valence-electron chi connectivity index (χ1n) is 5.57. The Labute approximate surface area is 109 Å². The molecule has 0 bridgehead atoms. The van der Waals surface area contributed by atoms with Crippen molar-refractivity contribution < 1.29 is 23.9 Å². The van der Waals surface area contributed by atoms with Crippen molar-refractivity contribution in [3.63, 3.8) is 0 Å². The van der Waals surface area contributed by atoms with Gasteiger partial charge in [0.05, 0.1) is 5.69 Å². The monoisotopic (exact) mass is 269 g/mol. The molecule has 0 saturated heterocycles. The summed E-state index contributed by atoms with van der Waals surface area (Å²) in [4.78, 5) is 37.1. The van der Waals surface area contributed by atoms with Crippen LogP contribution < -0.4 is 11.1 Å². The number of nitrogens with zero attached hydrogens (tertiary/aromatic N) is 1. The number of aryl methyl sites for hydroxylation is 2. The molecule has 8 nitrogen and oxygen atoms in total. The molecule has 19 heavy (non-hydrogen) atoms. The van der Waals surface area contributed by atoms with Crippen molar-refractivity contribution in [1.82, 2.24) is 10.3 Å². The number of amides is 2. The maximum absolute atomic E-state index is 11.7. The van der Waals surface area contributed by atoms with Gasteiger partial charge in [-0.25, -0.2) is 9.78 Å². The highest BCUT2D eigenvalue weighted by Crippen LogP contribution is 2.08. The third-order valence-corrected chi connectivity index (χ3v) is 2.51. The number of oxazole rings is 1. The molecule has 1 heterocycles. The van der Waals surface area contributed by atoms with Gasteiger partial charge in [-0.15, -0.1) is 0 Å². The summed E-state index contributed by atoms with van der Waals surface area (Å²) in [5.41, 5.74) is 5.48. The maximum Gasteiger partial charge on any atom is 0.326 e. The molecule has 8 heteroatoms. The number of rotatable bonds is 6. The summed E-state index contributed by atoms with van der Waals surface area (Å²) in [7, 11) is 0. The van der Waals surface area contributed by atoms with E-state index in [1.165, 1.54) is 0 Å². The highest BCUT2D eigenvalue weighted by molar-refractivity contribution is 5.93. The standard InChI is InChI=1S/C11H15N3O5/c1-5-6(2)19-10(13-5)9(16)14-7(11(17)18)3-4-8(12)15/h7H,3-4H2,1-2H3,(H2,12,15)(H,14,16)(H,17,18)/t7-/m0/s1. The second-order valence-corrected chi connectivity index (χ2v) is 4.03. The lowest BCUT2D eigenvalue weighted by atomic mass is 10.1. The van der Waals surface area contributed by atoms with Gasteiger partial charge in [0.1, 0.15) is 11.8 Å². The van der Waals surface area contributed by atoms with Crippen LogP contribution >= 0.6 is 0 Å². The molecule has 0 saturated carbocycles. The van der Waals surface area contributed by atoms with Gasteiger partial charge in [0, 0.05) is 6.42 Å². The third kappa shape index (κ3) is 4.09. The van der Waals surface area contributed by atoms with Crippen molar-refractivity contribution >= 4 is 17.8 Å². The third-order valence-electron chi connectivity index (χ3n) is 2.51. The van der Waals surface area contributed by atoms with Crippen LogP contribution in [0.4, 0.5) is 0 Å². The normalized spacial score (nSPS) is 11.9. The molecular weight excluding hydrogens is 254 g/mol. The van der Waals surface area contributed by atoms with E-state index in [2.05, 4.69) is 10.3 Å². The predicted molar refractivity (Wildman–Crippen MR) is 63.3 cm³/mol. The lowest BCUT2D eigenvalue weighted by molar-refractivity contribution is -0.139. The quantitative estimate of drug-likeness (QED) is 0.651. The van der Waals surface area contributed by atoms with Crippen molar-refractivity contribution in [3.8, 4) is 0 Å². The average molecular weight is 269 g/mol. The van der Waals surface area contributed by atoms with E-state index in [-0.39, 0.29) is 18.7 Å². The molecule has 0 radical (unpaired) electrons. The number of carboxylic acids is 1. The van der Waals surface area contributed by atoms with Crippen LogP contribution in [0.2, 0.25) is 0 Å². The lowest BCUT2D eigenvalue weighted by Gasteiger charge is -2.11. The summed E-state index contributed by atoms with van der Waals surface area (Å²) in [5, 5.41) is 11.2. The molecule has 104 valence electrons. The SMILES string of the molecule is Cc1nc(C(=O)N[C@@H](CCC(N)=O)C(=O)O)oc1C. The molecule has 1 atom stereocenters. The van der Waals surface area contributed by atoms with Crippen LogP contribution in [0.1, 0.15) is 35.0 Å². The number of aliphatic carboxylic acids is 1.